The first-order chi connectivity index (χ1) is 32.4. The Morgan fingerprint density at radius 1 is 0.303 bits per heavy atom. The van der Waals surface area contributed by atoms with Crippen LogP contribution in [0.3, 0.4) is 0 Å². The number of hydrogen-bond acceptors (Lipinski definition) is 2. The second-order valence-electron chi connectivity index (χ2n) is 17.6. The molecule has 0 fully saturated rings. The van der Waals surface area contributed by atoms with E-state index in [1.54, 1.807) is 0 Å². The summed E-state index contributed by atoms with van der Waals surface area (Å²) in [6, 6.07) is 96.2. The molecule has 0 atom stereocenters. The molecular formula is C59H66N2Si5. The standard InChI is InChI=1S/C59H66N2Si5/c1-7-60(8-2)63(52-36-20-12-21-37-52,53-38-22-13-23-39-53)65(56-44-28-16-29-45-56,57-46-30-17-31-47-57)62(6,11-5)66(58-48-32-18-33-49-58,59-50-34-19-35-51-59)64(61(9-3)10-4,54-40-24-14-25-41-54)55-42-26-15-27-43-55/h11-51H,5,7-10H2,1-4,6H3. The van der Waals surface area contributed by atoms with Crippen molar-refractivity contribution in [2.75, 3.05) is 26.2 Å². The lowest BCUT2D eigenvalue weighted by Crippen LogP contribution is -3.09. The molecule has 0 unspecified atom stereocenters. The molecule has 0 aliphatic rings. The predicted octanol–water partition coefficient (Wildman–Crippen LogP) is 7.83. The second kappa shape index (κ2) is 20.6. The summed E-state index contributed by atoms with van der Waals surface area (Å²) in [7, 11) is -16.9. The SMILES string of the molecule is C=C[Si](C)([Si](c1ccccc1)(c1ccccc1)[Si](c1ccccc1)(c1ccccc1)N(CC)CC)[Si](c1ccccc1)(c1ccccc1)[Si](c1ccccc1)(c1ccccc1)N(CC)CC. The summed E-state index contributed by atoms with van der Waals surface area (Å²) in [5.41, 5.74) is 2.72. The number of rotatable bonds is 19. The maximum Gasteiger partial charge on any atom is 0.188 e. The summed E-state index contributed by atoms with van der Waals surface area (Å²) in [4.78, 5) is 0. The van der Waals surface area contributed by atoms with Crippen molar-refractivity contribution in [3.8, 4) is 0 Å². The number of nitrogens with zero attached hydrogens (tertiary/aromatic N) is 2. The second-order valence-corrected chi connectivity index (χ2v) is 56.2. The Labute approximate surface area is 400 Å². The van der Waals surface area contributed by atoms with Crippen molar-refractivity contribution in [1.82, 2.24) is 9.13 Å². The molecule has 7 heteroatoms. The van der Waals surface area contributed by atoms with E-state index in [1.165, 1.54) is 41.5 Å². The van der Waals surface area contributed by atoms with Crippen molar-refractivity contribution in [3.05, 3.63) is 255 Å². The number of hydrogen-bond donors (Lipinski definition) is 0. The van der Waals surface area contributed by atoms with Crippen LogP contribution in [-0.4, -0.2) is 72.1 Å². The molecule has 8 aromatic rings. The van der Waals surface area contributed by atoms with Crippen LogP contribution in [0.4, 0.5) is 0 Å². The minimum absolute atomic E-state index is 0.920. The molecule has 0 saturated carbocycles. The van der Waals surface area contributed by atoms with Gasteiger partial charge in [-0.15, -0.1) is 12.3 Å². The van der Waals surface area contributed by atoms with E-state index in [-0.39, 0.29) is 0 Å². The van der Waals surface area contributed by atoms with Gasteiger partial charge in [0.2, 0.25) is 0 Å². The first-order valence-electron chi connectivity index (χ1n) is 24.0. The molecule has 0 bridgehead atoms. The average molecular weight is 944 g/mol. The van der Waals surface area contributed by atoms with E-state index in [2.05, 4.69) is 292 Å². The van der Waals surface area contributed by atoms with E-state index in [0.29, 0.717) is 0 Å². The zero-order valence-corrected chi connectivity index (χ0v) is 44.6. The molecule has 2 nitrogen and oxygen atoms in total. The van der Waals surface area contributed by atoms with Gasteiger partial charge in [-0.1, -0.05) is 298 Å². The molecular weight excluding hydrogens is 877 g/mol. The molecule has 0 N–H and O–H groups in total. The topological polar surface area (TPSA) is 6.48 Å². The lowest BCUT2D eigenvalue weighted by Gasteiger charge is -2.68. The van der Waals surface area contributed by atoms with Gasteiger partial charge in [-0.05, 0) is 46.9 Å². The van der Waals surface area contributed by atoms with Crippen molar-refractivity contribution < 1.29 is 0 Å². The molecule has 0 radical (unpaired) electrons. The molecule has 0 aliphatic carbocycles. The van der Waals surface area contributed by atoms with Gasteiger partial charge < -0.3 is 9.13 Å². The van der Waals surface area contributed by atoms with Gasteiger partial charge in [-0.2, -0.15) is 0 Å². The third-order valence-electron chi connectivity index (χ3n) is 15.1. The molecule has 8 aromatic carbocycles. The zero-order chi connectivity index (χ0) is 46.1. The lowest BCUT2D eigenvalue weighted by atomic mass is 10.4. The molecule has 0 amide bonds. The summed E-state index contributed by atoms with van der Waals surface area (Å²) >= 11 is 0. The third-order valence-corrected chi connectivity index (χ3v) is 90.3. The molecule has 0 saturated heterocycles. The fourth-order valence-corrected chi connectivity index (χ4v) is 126. The van der Waals surface area contributed by atoms with Gasteiger partial charge in [0.05, 0.1) is 7.11 Å². The van der Waals surface area contributed by atoms with Crippen molar-refractivity contribution in [2.24, 2.45) is 0 Å². The Kier molecular flexibility index (Phi) is 14.7. The highest BCUT2D eigenvalue weighted by molar-refractivity contribution is 8.03. The lowest BCUT2D eigenvalue weighted by molar-refractivity contribution is 0.484. The summed E-state index contributed by atoms with van der Waals surface area (Å²) in [6.07, 6.45) is 0. The smallest absolute Gasteiger partial charge is 0.188 e. The minimum Gasteiger partial charge on any atom is -0.319 e. The first-order valence-corrected chi connectivity index (χ1v) is 38.5. The molecule has 66 heavy (non-hydrogen) atoms. The molecule has 0 spiro atoms. The molecule has 0 aliphatic heterocycles. The quantitative estimate of drug-likeness (QED) is 0.0764. The van der Waals surface area contributed by atoms with Gasteiger partial charge in [0.25, 0.3) is 0 Å². The van der Waals surface area contributed by atoms with Gasteiger partial charge >= 0.3 is 0 Å². The van der Waals surface area contributed by atoms with E-state index in [0.717, 1.165) is 26.2 Å². The number of benzene rings is 8. The highest BCUT2D eigenvalue weighted by Crippen LogP contribution is 2.42. The third kappa shape index (κ3) is 7.06. The van der Waals surface area contributed by atoms with Crippen molar-refractivity contribution in [1.29, 1.82) is 0 Å². The Hall–Kier alpha value is -5.50. The van der Waals surface area contributed by atoms with Crippen LogP contribution in [0.2, 0.25) is 6.55 Å². The summed E-state index contributed by atoms with van der Waals surface area (Å²) < 4.78 is 6.05. The van der Waals surface area contributed by atoms with Gasteiger partial charge in [0.15, 0.2) is 15.5 Å². The largest absolute Gasteiger partial charge is 0.319 e. The highest BCUT2D eigenvalue weighted by Gasteiger charge is 2.81. The maximum atomic E-state index is 5.43. The van der Waals surface area contributed by atoms with Crippen LogP contribution in [0.5, 0.6) is 0 Å². The van der Waals surface area contributed by atoms with Crippen LogP contribution in [0, 0.1) is 0 Å². The van der Waals surface area contributed by atoms with Crippen LogP contribution in [0.25, 0.3) is 0 Å². The highest BCUT2D eigenvalue weighted by atomic mass is 29.9. The van der Waals surface area contributed by atoms with Crippen molar-refractivity contribution in [3.63, 3.8) is 0 Å². The Morgan fingerprint density at radius 2 is 0.470 bits per heavy atom. The summed E-state index contributed by atoms with van der Waals surface area (Å²) in [5.74, 6) is 0. The molecule has 8 rings (SSSR count). The van der Waals surface area contributed by atoms with Crippen LogP contribution in [0.15, 0.2) is 255 Å². The Balaban J connectivity index is 1.83. The molecule has 0 heterocycles. The zero-order valence-electron chi connectivity index (χ0n) is 39.6. The fraction of sp³-hybridized carbons (Fsp3) is 0.153. The van der Waals surface area contributed by atoms with Gasteiger partial charge in [-0.3, -0.25) is 0 Å². The summed E-state index contributed by atoms with van der Waals surface area (Å²) in [5, 5.41) is 12.0. The predicted molar refractivity (Wildman–Crippen MR) is 299 cm³/mol. The van der Waals surface area contributed by atoms with Crippen LogP contribution in [0.1, 0.15) is 27.7 Å². The van der Waals surface area contributed by atoms with E-state index in [4.69, 9.17) is 6.58 Å². The normalized spacial score (nSPS) is 12.6. The minimum atomic E-state index is -3.46. The van der Waals surface area contributed by atoms with E-state index < -0.39 is 36.8 Å². The Morgan fingerprint density at radius 3 is 0.621 bits per heavy atom. The first kappa shape index (κ1) is 47.0. The molecule has 0 aromatic heterocycles. The van der Waals surface area contributed by atoms with Crippen molar-refractivity contribution >= 4 is 78.3 Å². The Bertz CT molecular complexity index is 2380. The van der Waals surface area contributed by atoms with E-state index in [9.17, 15) is 0 Å². The van der Waals surface area contributed by atoms with Gasteiger partial charge in [0.1, 0.15) is 14.2 Å². The van der Waals surface area contributed by atoms with Crippen molar-refractivity contribution in [2.45, 2.75) is 34.2 Å². The maximum absolute atomic E-state index is 5.43. The monoisotopic (exact) mass is 942 g/mol. The van der Waals surface area contributed by atoms with E-state index in [1.807, 2.05) is 0 Å². The average Bonchev–Trinajstić information content (AvgIpc) is 3.40. The van der Waals surface area contributed by atoms with Gasteiger partial charge in [-0.25, -0.2) is 0 Å². The van der Waals surface area contributed by atoms with Crippen LogP contribution >= 0.6 is 0 Å². The van der Waals surface area contributed by atoms with Crippen LogP contribution in [-0.2, 0) is 0 Å². The molecule has 332 valence electrons. The van der Waals surface area contributed by atoms with Gasteiger partial charge in [0, 0.05) is 0 Å². The fourth-order valence-electron chi connectivity index (χ4n) is 13.0. The van der Waals surface area contributed by atoms with Crippen LogP contribution < -0.4 is 41.5 Å². The van der Waals surface area contributed by atoms with E-state index >= 15 is 0 Å². The summed E-state index contributed by atoms with van der Waals surface area (Å²) in [6.45, 7) is 21.7.